The highest BCUT2D eigenvalue weighted by Crippen LogP contribution is 2.22. The third kappa shape index (κ3) is 3.77. The number of benzene rings is 2. The van der Waals surface area contributed by atoms with Gasteiger partial charge in [-0.05, 0) is 17.7 Å². The second-order valence-electron chi connectivity index (χ2n) is 6.36. The summed E-state index contributed by atoms with van der Waals surface area (Å²) in [6.07, 6.45) is 5.51. The molecule has 0 N–H and O–H groups in total. The molecule has 28 heavy (non-hydrogen) atoms. The van der Waals surface area contributed by atoms with E-state index in [2.05, 4.69) is 28.3 Å². The molecule has 0 unspecified atom stereocenters. The number of fused-ring (bicyclic) bond motifs is 1. The summed E-state index contributed by atoms with van der Waals surface area (Å²) < 4.78 is 3.80. The van der Waals surface area contributed by atoms with Gasteiger partial charge in [0.25, 0.3) is 5.56 Å². The highest BCUT2D eigenvalue weighted by Gasteiger charge is 2.12. The van der Waals surface area contributed by atoms with Crippen LogP contribution in [-0.4, -0.2) is 19.1 Å². The van der Waals surface area contributed by atoms with E-state index < -0.39 is 0 Å². The number of para-hydroxylation sites is 1. The van der Waals surface area contributed by atoms with Crippen LogP contribution in [0.5, 0.6) is 0 Å². The molecule has 0 saturated carbocycles. The smallest absolute Gasteiger partial charge is 0.262 e. The van der Waals surface area contributed by atoms with Gasteiger partial charge in [0.2, 0.25) is 0 Å². The third-order valence-electron chi connectivity index (χ3n) is 4.47. The Hall–Kier alpha value is -3.12. The molecule has 6 heteroatoms. The Morgan fingerprint density at radius 3 is 2.68 bits per heavy atom. The van der Waals surface area contributed by atoms with Gasteiger partial charge >= 0.3 is 0 Å². The van der Waals surface area contributed by atoms with E-state index in [-0.39, 0.29) is 5.56 Å². The van der Waals surface area contributed by atoms with E-state index in [0.717, 1.165) is 12.4 Å². The van der Waals surface area contributed by atoms with Crippen molar-refractivity contribution in [2.75, 3.05) is 0 Å². The molecular weight excluding hydrogens is 368 g/mol. The Bertz CT molecular complexity index is 1160. The Balaban J connectivity index is 1.61. The van der Waals surface area contributed by atoms with Crippen LogP contribution in [0.25, 0.3) is 10.9 Å². The molecule has 4 rings (SSSR count). The number of nitrogens with zero attached hydrogens (tertiary/aromatic N) is 4. The van der Waals surface area contributed by atoms with Gasteiger partial charge in [0.15, 0.2) is 5.16 Å². The number of rotatable bonds is 7. The van der Waals surface area contributed by atoms with Crippen molar-refractivity contribution in [3.8, 4) is 0 Å². The molecule has 140 valence electrons. The number of hydrogen-bond acceptors (Lipinski definition) is 4. The quantitative estimate of drug-likeness (QED) is 0.271. The molecular formula is C22H20N4OS. The highest BCUT2D eigenvalue weighted by molar-refractivity contribution is 7.98. The third-order valence-corrected chi connectivity index (χ3v) is 5.44. The lowest BCUT2D eigenvalue weighted by Crippen LogP contribution is -2.22. The van der Waals surface area contributed by atoms with Crippen molar-refractivity contribution < 1.29 is 0 Å². The summed E-state index contributed by atoms with van der Waals surface area (Å²) in [6.45, 7) is 4.97. The first-order valence-electron chi connectivity index (χ1n) is 9.03. The van der Waals surface area contributed by atoms with Crippen molar-refractivity contribution in [2.45, 2.75) is 24.0 Å². The van der Waals surface area contributed by atoms with Crippen molar-refractivity contribution >= 4 is 22.7 Å². The van der Waals surface area contributed by atoms with Crippen LogP contribution in [-0.2, 0) is 18.8 Å². The summed E-state index contributed by atoms with van der Waals surface area (Å²) in [7, 11) is 0. The lowest BCUT2D eigenvalue weighted by molar-refractivity contribution is 0.670. The predicted octanol–water partition coefficient (Wildman–Crippen LogP) is 4.12. The van der Waals surface area contributed by atoms with Gasteiger partial charge in [-0.1, -0.05) is 60.3 Å². The first kappa shape index (κ1) is 18.3. The van der Waals surface area contributed by atoms with Gasteiger partial charge in [0, 0.05) is 25.5 Å². The molecule has 0 aliphatic heterocycles. The molecule has 0 saturated heterocycles. The van der Waals surface area contributed by atoms with E-state index in [1.54, 1.807) is 10.6 Å². The second-order valence-corrected chi connectivity index (χ2v) is 7.30. The molecule has 0 amide bonds. The topological polar surface area (TPSA) is 52.7 Å². The van der Waals surface area contributed by atoms with Crippen LogP contribution in [0.1, 0.15) is 11.4 Å². The Morgan fingerprint density at radius 1 is 1.07 bits per heavy atom. The Kier molecular flexibility index (Phi) is 5.39. The molecule has 2 heterocycles. The minimum absolute atomic E-state index is 0.0411. The number of imidazole rings is 1. The summed E-state index contributed by atoms with van der Waals surface area (Å²) in [5, 5.41) is 1.30. The van der Waals surface area contributed by atoms with E-state index >= 15 is 0 Å². The molecule has 0 spiro atoms. The fourth-order valence-corrected chi connectivity index (χ4v) is 4.06. The minimum atomic E-state index is -0.0411. The van der Waals surface area contributed by atoms with E-state index in [4.69, 9.17) is 4.98 Å². The van der Waals surface area contributed by atoms with E-state index in [1.807, 2.05) is 54.9 Å². The maximum Gasteiger partial charge on any atom is 0.262 e. The fourth-order valence-electron chi connectivity index (χ4n) is 3.08. The molecule has 0 aliphatic carbocycles. The summed E-state index contributed by atoms with van der Waals surface area (Å²) in [6, 6.07) is 17.7. The molecule has 2 aromatic heterocycles. The van der Waals surface area contributed by atoms with Gasteiger partial charge in [0.1, 0.15) is 5.82 Å². The zero-order chi connectivity index (χ0) is 19.3. The number of aromatic nitrogens is 4. The zero-order valence-corrected chi connectivity index (χ0v) is 16.2. The Labute approximate surface area is 167 Å². The molecule has 4 aromatic rings. The maximum absolute atomic E-state index is 12.8. The van der Waals surface area contributed by atoms with Gasteiger partial charge < -0.3 is 4.57 Å². The molecule has 0 atom stereocenters. The van der Waals surface area contributed by atoms with E-state index in [1.165, 1.54) is 17.3 Å². The van der Waals surface area contributed by atoms with Gasteiger partial charge in [-0.15, -0.1) is 6.58 Å². The van der Waals surface area contributed by atoms with Gasteiger partial charge in [0.05, 0.1) is 16.7 Å². The van der Waals surface area contributed by atoms with Crippen molar-refractivity contribution in [3.63, 3.8) is 0 Å². The molecule has 5 nitrogen and oxygen atoms in total. The summed E-state index contributed by atoms with van der Waals surface area (Å²) in [5.74, 6) is 1.57. The monoisotopic (exact) mass is 388 g/mol. The molecule has 0 bridgehead atoms. The first-order valence-corrected chi connectivity index (χ1v) is 10.0. The van der Waals surface area contributed by atoms with Crippen molar-refractivity contribution in [1.29, 1.82) is 0 Å². The van der Waals surface area contributed by atoms with E-state index in [9.17, 15) is 4.79 Å². The van der Waals surface area contributed by atoms with E-state index in [0.29, 0.717) is 28.4 Å². The van der Waals surface area contributed by atoms with Crippen LogP contribution in [0.4, 0.5) is 0 Å². The number of thioether (sulfide) groups is 1. The Morgan fingerprint density at radius 2 is 1.86 bits per heavy atom. The number of hydrogen-bond donors (Lipinski definition) is 0. The standard InChI is InChI=1S/C22H20N4OS/c1-2-13-26-21(27)18-10-6-7-11-19(18)24-22(26)28-16-20-23-12-14-25(20)15-17-8-4-3-5-9-17/h2-12,14H,1,13,15-16H2. The average molecular weight is 388 g/mol. The molecule has 0 aliphatic rings. The van der Waals surface area contributed by atoms with Crippen LogP contribution in [0, 0.1) is 0 Å². The van der Waals surface area contributed by atoms with Crippen LogP contribution < -0.4 is 5.56 Å². The van der Waals surface area contributed by atoms with Crippen LogP contribution in [0.3, 0.4) is 0 Å². The molecule has 0 fully saturated rings. The largest absolute Gasteiger partial charge is 0.330 e. The minimum Gasteiger partial charge on any atom is -0.330 e. The predicted molar refractivity (Wildman–Crippen MR) is 114 cm³/mol. The summed E-state index contributed by atoms with van der Waals surface area (Å²) in [4.78, 5) is 22.1. The van der Waals surface area contributed by atoms with Gasteiger partial charge in [-0.25, -0.2) is 9.97 Å². The van der Waals surface area contributed by atoms with Gasteiger partial charge in [-0.3, -0.25) is 9.36 Å². The van der Waals surface area contributed by atoms with Gasteiger partial charge in [-0.2, -0.15) is 0 Å². The van der Waals surface area contributed by atoms with Crippen molar-refractivity contribution in [2.24, 2.45) is 0 Å². The van der Waals surface area contributed by atoms with Crippen molar-refractivity contribution in [1.82, 2.24) is 19.1 Å². The highest BCUT2D eigenvalue weighted by atomic mass is 32.2. The van der Waals surface area contributed by atoms with Crippen LogP contribution in [0.2, 0.25) is 0 Å². The van der Waals surface area contributed by atoms with Crippen LogP contribution >= 0.6 is 11.8 Å². The maximum atomic E-state index is 12.8. The lowest BCUT2D eigenvalue weighted by Gasteiger charge is -2.12. The number of allylic oxidation sites excluding steroid dienone is 1. The summed E-state index contributed by atoms with van der Waals surface area (Å²) >= 11 is 1.52. The fraction of sp³-hybridized carbons (Fsp3) is 0.136. The summed E-state index contributed by atoms with van der Waals surface area (Å²) in [5.41, 5.74) is 1.89. The SMILES string of the molecule is C=CCn1c(SCc2nccn2Cc2ccccc2)nc2ccccc2c1=O. The average Bonchev–Trinajstić information content (AvgIpc) is 3.16. The van der Waals surface area contributed by atoms with Crippen LogP contribution in [0.15, 0.2) is 89.6 Å². The first-order chi connectivity index (χ1) is 13.8. The zero-order valence-electron chi connectivity index (χ0n) is 15.4. The normalized spacial score (nSPS) is 11.0. The lowest BCUT2D eigenvalue weighted by atomic mass is 10.2. The molecule has 0 radical (unpaired) electrons. The second kappa shape index (κ2) is 8.27. The molecule has 2 aromatic carbocycles. The van der Waals surface area contributed by atoms with Crippen molar-refractivity contribution in [3.05, 3.63) is 101 Å².